The Morgan fingerprint density at radius 3 is 2.00 bits per heavy atom. The minimum atomic E-state index is 0.0736. The van der Waals surface area contributed by atoms with Crippen LogP contribution in [-0.4, -0.2) is 51.1 Å². The fraction of sp³-hybridized carbons (Fsp3) is 0.345. The van der Waals surface area contributed by atoms with Gasteiger partial charge in [-0.15, -0.1) is 0 Å². The first-order valence-corrected chi connectivity index (χ1v) is 12.3. The number of piperazine rings is 1. The maximum atomic E-state index is 12.2. The molecule has 0 aromatic heterocycles. The van der Waals surface area contributed by atoms with Gasteiger partial charge in [0.05, 0.1) is 17.4 Å². The van der Waals surface area contributed by atoms with Gasteiger partial charge in [-0.05, 0) is 35.7 Å². The minimum absolute atomic E-state index is 0.0736. The number of benzene rings is 3. The summed E-state index contributed by atoms with van der Waals surface area (Å²) >= 11 is 0. The molecule has 3 aromatic rings. The number of nitrogens with one attached hydrogen (secondary N) is 1. The van der Waals surface area contributed by atoms with Gasteiger partial charge in [-0.2, -0.15) is 0 Å². The van der Waals surface area contributed by atoms with E-state index in [1.807, 2.05) is 13.0 Å². The zero-order chi connectivity index (χ0) is 23.9. The molecule has 0 unspecified atom stereocenters. The molecular formula is C29H36N4O. The van der Waals surface area contributed by atoms with Crippen molar-refractivity contribution in [3.63, 3.8) is 0 Å². The van der Waals surface area contributed by atoms with E-state index in [0.717, 1.165) is 38.3 Å². The highest BCUT2D eigenvalue weighted by atomic mass is 16.1. The summed E-state index contributed by atoms with van der Waals surface area (Å²) in [5.41, 5.74) is 5.88. The Bertz CT molecular complexity index is 1020. The number of nitrogens with zero attached hydrogens (tertiary/aromatic N) is 3. The number of carbonyl (C=O) groups is 1. The Kier molecular flexibility index (Phi) is 7.86. The van der Waals surface area contributed by atoms with E-state index in [1.165, 1.54) is 22.5 Å². The van der Waals surface area contributed by atoms with Crippen molar-refractivity contribution >= 4 is 23.0 Å². The van der Waals surface area contributed by atoms with E-state index < -0.39 is 0 Å². The minimum Gasteiger partial charge on any atom is -0.376 e. The molecule has 4 rings (SSSR count). The molecule has 178 valence electrons. The van der Waals surface area contributed by atoms with Crippen LogP contribution in [0.15, 0.2) is 78.9 Å². The molecule has 1 N–H and O–H groups in total. The van der Waals surface area contributed by atoms with Crippen LogP contribution in [0.2, 0.25) is 0 Å². The average Bonchev–Trinajstić information content (AvgIpc) is 2.86. The van der Waals surface area contributed by atoms with E-state index >= 15 is 0 Å². The molecule has 1 heterocycles. The van der Waals surface area contributed by atoms with Crippen molar-refractivity contribution in [3.8, 4) is 0 Å². The molecular weight excluding hydrogens is 420 g/mol. The summed E-state index contributed by atoms with van der Waals surface area (Å²) in [6.07, 6.45) is 1.39. The number of anilines is 3. The third kappa shape index (κ3) is 5.60. The zero-order valence-corrected chi connectivity index (χ0v) is 20.6. The van der Waals surface area contributed by atoms with Gasteiger partial charge in [0.15, 0.2) is 0 Å². The van der Waals surface area contributed by atoms with Crippen molar-refractivity contribution in [1.29, 1.82) is 0 Å². The molecule has 1 aliphatic heterocycles. The lowest BCUT2D eigenvalue weighted by atomic mass is 9.96. The lowest BCUT2D eigenvalue weighted by Crippen LogP contribution is -2.48. The van der Waals surface area contributed by atoms with Crippen LogP contribution < -0.4 is 15.1 Å². The van der Waals surface area contributed by atoms with E-state index in [-0.39, 0.29) is 11.9 Å². The molecule has 5 nitrogen and oxygen atoms in total. The average molecular weight is 457 g/mol. The summed E-state index contributed by atoms with van der Waals surface area (Å²) in [6.45, 7) is 5.83. The van der Waals surface area contributed by atoms with Gasteiger partial charge in [-0.3, -0.25) is 9.69 Å². The number of rotatable bonds is 8. The lowest BCUT2D eigenvalue weighted by molar-refractivity contribution is -0.116. The van der Waals surface area contributed by atoms with E-state index in [4.69, 9.17) is 0 Å². The van der Waals surface area contributed by atoms with Crippen molar-refractivity contribution in [2.24, 2.45) is 0 Å². The number of hydrogen-bond donors (Lipinski definition) is 1. The Morgan fingerprint density at radius 1 is 0.882 bits per heavy atom. The molecule has 0 atom stereocenters. The van der Waals surface area contributed by atoms with Gasteiger partial charge >= 0.3 is 0 Å². The second-order valence-corrected chi connectivity index (χ2v) is 9.14. The maximum Gasteiger partial charge on any atom is 0.224 e. The fourth-order valence-corrected chi connectivity index (χ4v) is 4.79. The Hall–Kier alpha value is -3.31. The molecule has 1 fully saturated rings. The molecule has 5 heteroatoms. The van der Waals surface area contributed by atoms with Crippen molar-refractivity contribution in [2.75, 3.05) is 55.4 Å². The smallest absolute Gasteiger partial charge is 0.224 e. The maximum absolute atomic E-state index is 12.2. The van der Waals surface area contributed by atoms with Gasteiger partial charge in [0.1, 0.15) is 0 Å². The Balaban J connectivity index is 1.55. The largest absolute Gasteiger partial charge is 0.376 e. The highest BCUT2D eigenvalue weighted by Crippen LogP contribution is 2.34. The van der Waals surface area contributed by atoms with Crippen LogP contribution in [0.4, 0.5) is 17.1 Å². The summed E-state index contributed by atoms with van der Waals surface area (Å²) in [4.78, 5) is 19.4. The highest BCUT2D eigenvalue weighted by Gasteiger charge is 2.27. The van der Waals surface area contributed by atoms with Gasteiger partial charge in [-0.25, -0.2) is 0 Å². The van der Waals surface area contributed by atoms with Gasteiger partial charge in [0.25, 0.3) is 0 Å². The van der Waals surface area contributed by atoms with E-state index in [1.54, 1.807) is 0 Å². The van der Waals surface area contributed by atoms with Crippen LogP contribution in [0.1, 0.15) is 36.9 Å². The molecule has 1 aliphatic rings. The van der Waals surface area contributed by atoms with Crippen LogP contribution in [0.25, 0.3) is 0 Å². The Labute approximate surface area is 204 Å². The quantitative estimate of drug-likeness (QED) is 0.492. The van der Waals surface area contributed by atoms with Gasteiger partial charge in [0, 0.05) is 52.4 Å². The van der Waals surface area contributed by atoms with Crippen LogP contribution in [-0.2, 0) is 4.79 Å². The van der Waals surface area contributed by atoms with Gasteiger partial charge < -0.3 is 15.1 Å². The summed E-state index contributed by atoms with van der Waals surface area (Å²) in [5, 5.41) is 3.06. The summed E-state index contributed by atoms with van der Waals surface area (Å²) in [7, 11) is 4.15. The van der Waals surface area contributed by atoms with Crippen molar-refractivity contribution in [2.45, 2.75) is 25.8 Å². The summed E-state index contributed by atoms with van der Waals surface area (Å²) < 4.78 is 0. The van der Waals surface area contributed by atoms with E-state index in [0.29, 0.717) is 6.42 Å². The number of amides is 1. The molecule has 0 aliphatic carbocycles. The summed E-state index contributed by atoms with van der Waals surface area (Å²) in [6, 6.07) is 28.1. The molecule has 1 saturated heterocycles. The predicted octanol–water partition coefficient (Wildman–Crippen LogP) is 5.40. The van der Waals surface area contributed by atoms with E-state index in [2.05, 4.69) is 107 Å². The van der Waals surface area contributed by atoms with Crippen LogP contribution in [0.5, 0.6) is 0 Å². The molecule has 0 saturated carbocycles. The molecule has 1 amide bonds. The van der Waals surface area contributed by atoms with Crippen molar-refractivity contribution < 1.29 is 4.79 Å². The Morgan fingerprint density at radius 2 is 1.47 bits per heavy atom. The zero-order valence-electron chi connectivity index (χ0n) is 20.6. The molecule has 0 radical (unpaired) electrons. The molecule has 34 heavy (non-hydrogen) atoms. The molecule has 0 bridgehead atoms. The number of carbonyl (C=O) groups excluding carboxylic acids is 1. The first kappa shape index (κ1) is 23.8. The first-order valence-electron chi connectivity index (χ1n) is 12.3. The van der Waals surface area contributed by atoms with Crippen LogP contribution in [0.3, 0.4) is 0 Å². The highest BCUT2D eigenvalue weighted by molar-refractivity contribution is 5.92. The second kappa shape index (κ2) is 11.2. The lowest BCUT2D eigenvalue weighted by Gasteiger charge is -2.41. The molecule has 3 aromatic carbocycles. The van der Waals surface area contributed by atoms with Crippen molar-refractivity contribution in [1.82, 2.24) is 4.90 Å². The normalized spacial score (nSPS) is 14.3. The summed E-state index contributed by atoms with van der Waals surface area (Å²) in [5.74, 6) is 0.0736. The number of hydrogen-bond acceptors (Lipinski definition) is 4. The SMILES string of the molecule is CCCC(=O)Nc1ccc(N(C)C)c(N2CCN(C(c3ccccc3)c3ccccc3)CC2)c1. The van der Waals surface area contributed by atoms with Crippen LogP contribution in [0, 0.1) is 0 Å². The van der Waals surface area contributed by atoms with Crippen LogP contribution >= 0.6 is 0 Å². The third-order valence-corrected chi connectivity index (χ3v) is 6.47. The van der Waals surface area contributed by atoms with Gasteiger partial charge in [0.2, 0.25) is 5.91 Å². The topological polar surface area (TPSA) is 38.8 Å². The van der Waals surface area contributed by atoms with E-state index in [9.17, 15) is 4.79 Å². The monoisotopic (exact) mass is 456 g/mol. The van der Waals surface area contributed by atoms with Crippen molar-refractivity contribution in [3.05, 3.63) is 90.0 Å². The molecule has 0 spiro atoms. The van der Waals surface area contributed by atoms with Gasteiger partial charge in [-0.1, -0.05) is 67.6 Å². The fourth-order valence-electron chi connectivity index (χ4n) is 4.79. The third-order valence-electron chi connectivity index (χ3n) is 6.47. The standard InChI is InChI=1S/C29H36N4O/c1-4-11-28(34)30-25-16-17-26(31(2)3)27(22-25)32-18-20-33(21-19-32)29(23-12-7-5-8-13-23)24-14-9-6-10-15-24/h5-10,12-17,22,29H,4,11,18-21H2,1-3H3,(H,30,34). The predicted molar refractivity (Wildman–Crippen MR) is 143 cm³/mol. The second-order valence-electron chi connectivity index (χ2n) is 9.14. The first-order chi connectivity index (χ1) is 16.6.